The standard InChI is InChI=1S/C15H21BrN2OS/c1-3-18-8-4-5-12(18)10-17(2)15(19)13-7-6-11(16)9-14(13)20/h6-7,9,12,20H,3-5,8,10H2,1-2H3. The Morgan fingerprint density at radius 1 is 1.55 bits per heavy atom. The smallest absolute Gasteiger partial charge is 0.254 e. The molecule has 0 N–H and O–H groups in total. The van der Waals surface area contributed by atoms with E-state index in [1.807, 2.05) is 30.1 Å². The molecule has 1 atom stereocenters. The number of rotatable bonds is 4. The van der Waals surface area contributed by atoms with Crippen LogP contribution in [0.4, 0.5) is 0 Å². The van der Waals surface area contributed by atoms with Gasteiger partial charge in [-0.2, -0.15) is 0 Å². The molecule has 1 unspecified atom stereocenters. The number of amides is 1. The van der Waals surface area contributed by atoms with E-state index in [1.54, 1.807) is 0 Å². The van der Waals surface area contributed by atoms with Gasteiger partial charge in [-0.15, -0.1) is 12.6 Å². The fraction of sp³-hybridized carbons (Fsp3) is 0.533. The van der Waals surface area contributed by atoms with Gasteiger partial charge in [0.2, 0.25) is 0 Å². The number of halogens is 1. The molecule has 3 nitrogen and oxygen atoms in total. The molecular weight excluding hydrogens is 336 g/mol. The Morgan fingerprint density at radius 3 is 2.95 bits per heavy atom. The SMILES string of the molecule is CCN1CCCC1CN(C)C(=O)c1ccc(Br)cc1S. The summed E-state index contributed by atoms with van der Waals surface area (Å²) < 4.78 is 0.939. The maximum atomic E-state index is 12.5. The van der Waals surface area contributed by atoms with Gasteiger partial charge in [0, 0.05) is 29.0 Å². The zero-order valence-corrected chi connectivity index (χ0v) is 14.5. The summed E-state index contributed by atoms with van der Waals surface area (Å²) in [6.07, 6.45) is 2.41. The van der Waals surface area contributed by atoms with Crippen LogP contribution in [0.5, 0.6) is 0 Å². The minimum atomic E-state index is 0.0467. The molecule has 0 saturated carbocycles. The Morgan fingerprint density at radius 2 is 2.30 bits per heavy atom. The largest absolute Gasteiger partial charge is 0.340 e. The fourth-order valence-electron chi connectivity index (χ4n) is 2.81. The van der Waals surface area contributed by atoms with Gasteiger partial charge in [0.15, 0.2) is 0 Å². The lowest BCUT2D eigenvalue weighted by atomic mass is 10.1. The Bertz CT molecular complexity index is 495. The molecule has 1 aromatic rings. The zero-order valence-electron chi connectivity index (χ0n) is 12.0. The third-order valence-corrected chi connectivity index (χ3v) is 4.79. The van der Waals surface area contributed by atoms with Crippen LogP contribution < -0.4 is 0 Å². The number of nitrogens with zero attached hydrogens (tertiary/aromatic N) is 2. The molecule has 5 heteroatoms. The molecule has 1 saturated heterocycles. The fourth-order valence-corrected chi connectivity index (χ4v) is 3.66. The summed E-state index contributed by atoms with van der Waals surface area (Å²) in [5.41, 5.74) is 0.667. The number of benzene rings is 1. The minimum absolute atomic E-state index is 0.0467. The average Bonchev–Trinajstić information content (AvgIpc) is 2.85. The summed E-state index contributed by atoms with van der Waals surface area (Å²) in [6.45, 7) is 5.18. The highest BCUT2D eigenvalue weighted by Gasteiger charge is 2.26. The van der Waals surface area contributed by atoms with Crippen LogP contribution in [-0.2, 0) is 0 Å². The zero-order chi connectivity index (χ0) is 14.7. The monoisotopic (exact) mass is 356 g/mol. The first kappa shape index (κ1) is 15.9. The molecule has 110 valence electrons. The first-order chi connectivity index (χ1) is 9.52. The van der Waals surface area contributed by atoms with Crippen molar-refractivity contribution in [2.75, 3.05) is 26.7 Å². The highest BCUT2D eigenvalue weighted by atomic mass is 79.9. The molecule has 0 aliphatic carbocycles. The quantitative estimate of drug-likeness (QED) is 0.836. The van der Waals surface area contributed by atoms with Gasteiger partial charge in [0.1, 0.15) is 0 Å². The van der Waals surface area contributed by atoms with Crippen molar-refractivity contribution < 1.29 is 4.79 Å². The van der Waals surface area contributed by atoms with Crippen molar-refractivity contribution in [2.24, 2.45) is 0 Å². The summed E-state index contributed by atoms with van der Waals surface area (Å²) in [5, 5.41) is 0. The second-order valence-corrected chi connectivity index (χ2v) is 6.67. The molecule has 1 aliphatic heterocycles. The van der Waals surface area contributed by atoms with Crippen LogP contribution in [0.15, 0.2) is 27.6 Å². The van der Waals surface area contributed by atoms with E-state index in [2.05, 4.69) is 40.4 Å². The Hall–Kier alpha value is -0.520. The number of hydrogen-bond donors (Lipinski definition) is 1. The second-order valence-electron chi connectivity index (χ2n) is 5.27. The molecule has 1 aromatic carbocycles. The van der Waals surface area contributed by atoms with Crippen LogP contribution in [0.25, 0.3) is 0 Å². The van der Waals surface area contributed by atoms with Gasteiger partial charge < -0.3 is 4.90 Å². The topological polar surface area (TPSA) is 23.6 Å². The van der Waals surface area contributed by atoms with Crippen molar-refractivity contribution in [1.82, 2.24) is 9.80 Å². The first-order valence-electron chi connectivity index (χ1n) is 7.01. The van der Waals surface area contributed by atoms with Crippen LogP contribution in [0.1, 0.15) is 30.1 Å². The van der Waals surface area contributed by atoms with Gasteiger partial charge in [0.25, 0.3) is 5.91 Å². The Kier molecular flexibility index (Phi) is 5.52. The van der Waals surface area contributed by atoms with E-state index in [0.29, 0.717) is 11.6 Å². The molecular formula is C15H21BrN2OS. The number of likely N-dealkylation sites (N-methyl/N-ethyl adjacent to an activating group) is 2. The lowest BCUT2D eigenvalue weighted by Gasteiger charge is -2.28. The van der Waals surface area contributed by atoms with Gasteiger partial charge >= 0.3 is 0 Å². The summed E-state index contributed by atoms with van der Waals surface area (Å²) in [5.74, 6) is 0.0467. The molecule has 1 aliphatic rings. The maximum Gasteiger partial charge on any atom is 0.254 e. The number of thiol groups is 1. The predicted molar refractivity (Wildman–Crippen MR) is 88.6 cm³/mol. The number of likely N-dealkylation sites (tertiary alicyclic amines) is 1. The van der Waals surface area contributed by atoms with Crippen molar-refractivity contribution in [3.05, 3.63) is 28.2 Å². The van der Waals surface area contributed by atoms with E-state index < -0.39 is 0 Å². The first-order valence-corrected chi connectivity index (χ1v) is 8.25. The van der Waals surface area contributed by atoms with E-state index in [0.717, 1.165) is 29.0 Å². The van der Waals surface area contributed by atoms with Gasteiger partial charge in [-0.1, -0.05) is 22.9 Å². The molecule has 0 spiro atoms. The van der Waals surface area contributed by atoms with Crippen LogP contribution in [0.2, 0.25) is 0 Å². The molecule has 20 heavy (non-hydrogen) atoms. The number of carbonyl (C=O) groups is 1. The lowest BCUT2D eigenvalue weighted by Crippen LogP contribution is -2.41. The van der Waals surface area contributed by atoms with Crippen LogP contribution >= 0.6 is 28.6 Å². The molecule has 0 bridgehead atoms. The molecule has 1 amide bonds. The predicted octanol–water partition coefficient (Wildman–Crippen LogP) is 3.29. The summed E-state index contributed by atoms with van der Waals surface area (Å²) in [6, 6.07) is 6.07. The van der Waals surface area contributed by atoms with E-state index >= 15 is 0 Å². The molecule has 1 heterocycles. The van der Waals surface area contributed by atoms with Gasteiger partial charge in [-0.05, 0) is 44.1 Å². The second kappa shape index (κ2) is 6.96. The molecule has 0 aromatic heterocycles. The third kappa shape index (κ3) is 3.57. The maximum absolute atomic E-state index is 12.5. The van der Waals surface area contributed by atoms with Gasteiger partial charge in [-0.3, -0.25) is 9.69 Å². The van der Waals surface area contributed by atoms with E-state index in [9.17, 15) is 4.79 Å². The minimum Gasteiger partial charge on any atom is -0.340 e. The molecule has 2 rings (SSSR count). The normalized spacial score (nSPS) is 19.3. The Labute approximate surface area is 134 Å². The molecule has 1 fully saturated rings. The third-order valence-electron chi connectivity index (χ3n) is 3.93. The average molecular weight is 357 g/mol. The summed E-state index contributed by atoms with van der Waals surface area (Å²) in [7, 11) is 1.88. The number of hydrogen-bond acceptors (Lipinski definition) is 3. The number of carbonyl (C=O) groups excluding carboxylic acids is 1. The lowest BCUT2D eigenvalue weighted by molar-refractivity contribution is 0.0751. The van der Waals surface area contributed by atoms with Crippen LogP contribution in [0, 0.1) is 0 Å². The van der Waals surface area contributed by atoms with Gasteiger partial charge in [-0.25, -0.2) is 0 Å². The Balaban J connectivity index is 2.05. The van der Waals surface area contributed by atoms with E-state index in [4.69, 9.17) is 0 Å². The van der Waals surface area contributed by atoms with E-state index in [1.165, 1.54) is 12.8 Å². The highest BCUT2D eigenvalue weighted by molar-refractivity contribution is 9.10. The van der Waals surface area contributed by atoms with Gasteiger partial charge in [0.05, 0.1) is 5.56 Å². The van der Waals surface area contributed by atoms with Crippen molar-refractivity contribution in [2.45, 2.75) is 30.7 Å². The summed E-state index contributed by atoms with van der Waals surface area (Å²) >= 11 is 7.79. The van der Waals surface area contributed by atoms with Crippen molar-refractivity contribution >= 4 is 34.5 Å². The molecule has 0 radical (unpaired) electrons. The highest BCUT2D eigenvalue weighted by Crippen LogP contribution is 2.22. The van der Waals surface area contributed by atoms with E-state index in [-0.39, 0.29) is 5.91 Å². The van der Waals surface area contributed by atoms with Crippen molar-refractivity contribution in [1.29, 1.82) is 0 Å². The van der Waals surface area contributed by atoms with Crippen molar-refractivity contribution in [3.8, 4) is 0 Å². The van der Waals surface area contributed by atoms with Crippen molar-refractivity contribution in [3.63, 3.8) is 0 Å². The van der Waals surface area contributed by atoms with Crippen LogP contribution in [0.3, 0.4) is 0 Å². The van der Waals surface area contributed by atoms with Crippen LogP contribution in [-0.4, -0.2) is 48.4 Å². The summed E-state index contributed by atoms with van der Waals surface area (Å²) in [4.78, 5) is 17.5.